The molecule has 2 atom stereocenters. The maximum Gasteiger partial charge on any atom is 0.0705 e. The van der Waals surface area contributed by atoms with Crippen LogP contribution in [0.2, 0.25) is 0 Å². The molecule has 2 fully saturated rings. The zero-order valence-electron chi connectivity index (χ0n) is 16.7. The summed E-state index contributed by atoms with van der Waals surface area (Å²) in [7, 11) is 0. The fraction of sp³-hybridized carbons (Fsp3) is 0.346. The summed E-state index contributed by atoms with van der Waals surface area (Å²) >= 11 is 0. The molecule has 2 unspecified atom stereocenters. The number of para-hydroxylation sites is 1. The van der Waals surface area contributed by atoms with Crippen LogP contribution in [0, 0.1) is 0 Å². The third-order valence-corrected chi connectivity index (χ3v) is 7.00. The highest BCUT2D eigenvalue weighted by atomic mass is 15.2. The molecule has 2 aromatic carbocycles. The molecule has 0 radical (unpaired) electrons. The molecule has 1 aromatic heterocycles. The second-order valence-electron chi connectivity index (χ2n) is 8.77. The monoisotopic (exact) mass is 381 g/mol. The van der Waals surface area contributed by atoms with E-state index in [1.54, 1.807) is 11.1 Å². The predicted octanol–water partition coefficient (Wildman–Crippen LogP) is 5.04. The highest BCUT2D eigenvalue weighted by Crippen LogP contribution is 2.46. The Bertz CT molecular complexity index is 1080. The van der Waals surface area contributed by atoms with Gasteiger partial charge >= 0.3 is 0 Å². The van der Waals surface area contributed by atoms with Crippen molar-refractivity contribution in [3.05, 3.63) is 83.2 Å². The number of hydrogen-bond donors (Lipinski definition) is 1. The molecular weight excluding hydrogens is 354 g/mol. The van der Waals surface area contributed by atoms with Gasteiger partial charge in [0, 0.05) is 35.8 Å². The van der Waals surface area contributed by atoms with Gasteiger partial charge in [-0.15, -0.1) is 0 Å². The van der Waals surface area contributed by atoms with Crippen molar-refractivity contribution in [2.24, 2.45) is 0 Å². The van der Waals surface area contributed by atoms with Crippen LogP contribution in [0.4, 0.5) is 0 Å². The van der Waals surface area contributed by atoms with E-state index in [1.807, 2.05) is 0 Å². The van der Waals surface area contributed by atoms with Crippen LogP contribution in [0.1, 0.15) is 53.5 Å². The molecule has 2 aliphatic heterocycles. The van der Waals surface area contributed by atoms with E-state index in [0.29, 0.717) is 17.9 Å². The van der Waals surface area contributed by atoms with E-state index in [-0.39, 0.29) is 0 Å². The van der Waals surface area contributed by atoms with E-state index in [1.165, 1.54) is 35.9 Å². The van der Waals surface area contributed by atoms with Gasteiger partial charge in [-0.2, -0.15) is 0 Å². The third-order valence-electron chi connectivity index (χ3n) is 7.00. The molecule has 1 N–H and O–H groups in total. The number of nitrogens with zero attached hydrogens (tertiary/aromatic N) is 2. The van der Waals surface area contributed by atoms with Gasteiger partial charge in [-0.3, -0.25) is 4.98 Å². The summed E-state index contributed by atoms with van der Waals surface area (Å²) in [4.78, 5) is 7.52. The van der Waals surface area contributed by atoms with Crippen molar-refractivity contribution in [3.8, 4) is 0 Å². The van der Waals surface area contributed by atoms with Gasteiger partial charge < -0.3 is 10.2 Å². The summed E-state index contributed by atoms with van der Waals surface area (Å²) in [5, 5.41) is 4.74. The molecule has 1 saturated carbocycles. The Balaban J connectivity index is 1.24. The first kappa shape index (κ1) is 17.2. The topological polar surface area (TPSA) is 28.2 Å². The number of hydrogen-bond acceptors (Lipinski definition) is 3. The number of aromatic nitrogens is 1. The zero-order chi connectivity index (χ0) is 19.2. The first-order valence-corrected chi connectivity index (χ1v) is 11.0. The Hall–Kier alpha value is -2.65. The van der Waals surface area contributed by atoms with Gasteiger partial charge in [0.25, 0.3) is 0 Å². The maximum absolute atomic E-state index is 4.96. The van der Waals surface area contributed by atoms with E-state index >= 15 is 0 Å². The van der Waals surface area contributed by atoms with Crippen LogP contribution in [0.3, 0.4) is 0 Å². The summed E-state index contributed by atoms with van der Waals surface area (Å²) in [6, 6.07) is 20.4. The minimum atomic E-state index is 0.553. The Morgan fingerprint density at radius 1 is 0.931 bits per heavy atom. The third kappa shape index (κ3) is 3.14. The molecule has 3 nitrogen and oxygen atoms in total. The van der Waals surface area contributed by atoms with Crippen LogP contribution in [-0.4, -0.2) is 29.0 Å². The molecular formula is C26H27N3. The Morgan fingerprint density at radius 2 is 1.83 bits per heavy atom. The number of pyridine rings is 1. The van der Waals surface area contributed by atoms with Crippen molar-refractivity contribution in [2.75, 3.05) is 13.1 Å². The van der Waals surface area contributed by atoms with Crippen LogP contribution in [0.15, 0.2) is 60.8 Å². The number of fused-ring (bicyclic) bond motifs is 2. The molecule has 1 aliphatic carbocycles. The maximum atomic E-state index is 4.96. The fourth-order valence-electron chi connectivity index (χ4n) is 5.27. The smallest absolute Gasteiger partial charge is 0.0705 e. The lowest BCUT2D eigenvalue weighted by Gasteiger charge is -2.31. The van der Waals surface area contributed by atoms with Gasteiger partial charge in [-0.1, -0.05) is 42.5 Å². The van der Waals surface area contributed by atoms with Crippen LogP contribution >= 0.6 is 0 Å². The van der Waals surface area contributed by atoms with Gasteiger partial charge in [0.1, 0.15) is 0 Å². The summed E-state index contributed by atoms with van der Waals surface area (Å²) < 4.78 is 0. The van der Waals surface area contributed by atoms with Crippen molar-refractivity contribution in [2.45, 2.75) is 43.7 Å². The Labute approximate surface area is 172 Å². The van der Waals surface area contributed by atoms with Gasteiger partial charge in [0.15, 0.2) is 0 Å². The van der Waals surface area contributed by atoms with E-state index in [9.17, 15) is 0 Å². The van der Waals surface area contributed by atoms with Crippen molar-refractivity contribution >= 4 is 17.0 Å². The Kier molecular flexibility index (Phi) is 4.16. The summed E-state index contributed by atoms with van der Waals surface area (Å²) in [5.41, 5.74) is 6.92. The van der Waals surface area contributed by atoms with Crippen LogP contribution in [-0.2, 0) is 6.54 Å². The normalized spacial score (nSPS) is 23.9. The second kappa shape index (κ2) is 7.00. The lowest BCUT2D eigenvalue weighted by molar-refractivity contribution is 0.345. The molecule has 0 spiro atoms. The quantitative estimate of drug-likeness (QED) is 0.689. The molecule has 3 aliphatic rings. The lowest BCUT2D eigenvalue weighted by atomic mass is 9.84. The van der Waals surface area contributed by atoms with Crippen molar-refractivity contribution in [1.29, 1.82) is 0 Å². The molecule has 146 valence electrons. The first-order valence-electron chi connectivity index (χ1n) is 11.0. The molecule has 0 amide bonds. The number of piperidine rings is 1. The Morgan fingerprint density at radius 3 is 2.76 bits per heavy atom. The standard InChI is InChI=1S/C26H27N3/c1-2-7-24-20(4-1)8-9-25(28-24)22-16-26(22)29-15-12-18-5-3-6-21(23(18)17-29)19-10-13-27-14-11-19/h1-9,12,15,19,22,26-27H,10-11,13-14,16-17H2. The summed E-state index contributed by atoms with van der Waals surface area (Å²) in [6.45, 7) is 3.33. The molecule has 3 heterocycles. The van der Waals surface area contributed by atoms with Crippen LogP contribution < -0.4 is 5.32 Å². The number of benzene rings is 2. The molecule has 3 heteroatoms. The lowest BCUT2D eigenvalue weighted by Crippen LogP contribution is -2.29. The summed E-state index contributed by atoms with van der Waals surface area (Å²) in [5.74, 6) is 1.26. The molecule has 29 heavy (non-hydrogen) atoms. The highest BCUT2D eigenvalue weighted by Gasteiger charge is 2.43. The molecule has 3 aromatic rings. The average Bonchev–Trinajstić information content (AvgIpc) is 3.60. The minimum Gasteiger partial charge on any atom is -0.369 e. The number of rotatable bonds is 3. The largest absolute Gasteiger partial charge is 0.369 e. The van der Waals surface area contributed by atoms with E-state index in [2.05, 4.69) is 77.1 Å². The zero-order valence-corrected chi connectivity index (χ0v) is 16.7. The van der Waals surface area contributed by atoms with Gasteiger partial charge in [0.05, 0.1) is 5.52 Å². The summed E-state index contributed by atoms with van der Waals surface area (Å²) in [6.07, 6.45) is 8.37. The van der Waals surface area contributed by atoms with E-state index < -0.39 is 0 Å². The van der Waals surface area contributed by atoms with Gasteiger partial charge in [-0.25, -0.2) is 0 Å². The first-order chi connectivity index (χ1) is 14.4. The number of nitrogens with one attached hydrogen (secondary N) is 1. The van der Waals surface area contributed by atoms with E-state index in [0.717, 1.165) is 25.2 Å². The minimum absolute atomic E-state index is 0.553. The average molecular weight is 382 g/mol. The van der Waals surface area contributed by atoms with Gasteiger partial charge in [-0.05, 0) is 73.2 Å². The van der Waals surface area contributed by atoms with Crippen molar-refractivity contribution in [3.63, 3.8) is 0 Å². The predicted molar refractivity (Wildman–Crippen MR) is 119 cm³/mol. The highest BCUT2D eigenvalue weighted by molar-refractivity contribution is 5.78. The second-order valence-corrected chi connectivity index (χ2v) is 8.77. The molecule has 0 bridgehead atoms. The van der Waals surface area contributed by atoms with Gasteiger partial charge in [0.2, 0.25) is 0 Å². The molecule has 1 saturated heterocycles. The van der Waals surface area contributed by atoms with Crippen LogP contribution in [0.25, 0.3) is 17.0 Å². The van der Waals surface area contributed by atoms with Crippen LogP contribution in [0.5, 0.6) is 0 Å². The molecule has 6 rings (SSSR count). The fourth-order valence-corrected chi connectivity index (χ4v) is 5.27. The van der Waals surface area contributed by atoms with E-state index in [4.69, 9.17) is 4.98 Å². The van der Waals surface area contributed by atoms with Crippen molar-refractivity contribution in [1.82, 2.24) is 15.2 Å². The van der Waals surface area contributed by atoms with Crippen molar-refractivity contribution < 1.29 is 0 Å². The SMILES string of the molecule is C1=CN(C2CC2c2ccc3ccccc3n2)Cc2c1cccc2C1CCNCC1.